The summed E-state index contributed by atoms with van der Waals surface area (Å²) in [4.78, 5) is 11.7. The number of nitrogens with zero attached hydrogens (tertiary/aromatic N) is 1. The fourth-order valence-electron chi connectivity index (χ4n) is 2.26. The van der Waals surface area contributed by atoms with Crippen molar-refractivity contribution in [1.82, 2.24) is 15.5 Å². The number of carbonyl (C=O) groups is 1. The molecule has 16 heavy (non-hydrogen) atoms. The lowest BCUT2D eigenvalue weighted by Crippen LogP contribution is -2.38. The van der Waals surface area contributed by atoms with Gasteiger partial charge in [-0.3, -0.25) is 9.89 Å². The molecule has 1 fully saturated rings. The molecule has 0 aromatic carbocycles. The van der Waals surface area contributed by atoms with Gasteiger partial charge in [0.25, 0.3) is 5.91 Å². The number of aliphatic hydroxyl groups excluding tert-OH is 1. The maximum atomic E-state index is 11.7. The lowest BCUT2D eigenvalue weighted by molar-refractivity contribution is 0.0880. The molecule has 1 aromatic rings. The average Bonchev–Trinajstić information content (AvgIpc) is 2.98. The molecule has 0 aliphatic heterocycles. The zero-order valence-corrected chi connectivity index (χ0v) is 9.20. The summed E-state index contributed by atoms with van der Waals surface area (Å²) < 4.78 is 0. The highest BCUT2D eigenvalue weighted by molar-refractivity contribution is 5.93. The van der Waals surface area contributed by atoms with E-state index in [2.05, 4.69) is 15.5 Å². The van der Waals surface area contributed by atoms with Gasteiger partial charge in [0.15, 0.2) is 0 Å². The van der Waals surface area contributed by atoms with Gasteiger partial charge in [0.05, 0.1) is 18.4 Å². The van der Waals surface area contributed by atoms with Crippen LogP contribution < -0.4 is 5.32 Å². The number of amides is 1. The normalized spacial score (nSPS) is 18.6. The van der Waals surface area contributed by atoms with Crippen molar-refractivity contribution in [2.24, 2.45) is 5.41 Å². The molecule has 5 nitrogen and oxygen atoms in total. The largest absolute Gasteiger partial charge is 0.396 e. The van der Waals surface area contributed by atoms with Crippen molar-refractivity contribution in [3.63, 3.8) is 0 Å². The van der Waals surface area contributed by atoms with Crippen LogP contribution in [0.5, 0.6) is 0 Å². The molecule has 3 N–H and O–H groups in total. The lowest BCUT2D eigenvalue weighted by Gasteiger charge is -2.26. The van der Waals surface area contributed by atoms with Gasteiger partial charge in [0, 0.05) is 18.2 Å². The zero-order chi connectivity index (χ0) is 11.4. The fraction of sp³-hybridized carbons (Fsp3) is 0.636. The summed E-state index contributed by atoms with van der Waals surface area (Å²) in [5, 5.41) is 18.6. The van der Waals surface area contributed by atoms with Crippen molar-refractivity contribution in [3.8, 4) is 0 Å². The Bertz CT molecular complexity index is 342. The minimum Gasteiger partial charge on any atom is -0.396 e. The Kier molecular flexibility index (Phi) is 3.24. The molecule has 0 saturated heterocycles. The number of aliphatic hydroxyl groups is 1. The number of carbonyl (C=O) groups excluding carboxylic acids is 1. The molecule has 0 atom stereocenters. The van der Waals surface area contributed by atoms with Crippen molar-refractivity contribution in [3.05, 3.63) is 18.0 Å². The Balaban J connectivity index is 1.89. The minimum absolute atomic E-state index is 0.0978. The molecule has 0 spiro atoms. The molecule has 1 aliphatic carbocycles. The van der Waals surface area contributed by atoms with Gasteiger partial charge in [-0.1, -0.05) is 12.8 Å². The molecule has 1 saturated carbocycles. The van der Waals surface area contributed by atoms with E-state index in [4.69, 9.17) is 0 Å². The Hall–Kier alpha value is -1.36. The molecule has 1 aromatic heterocycles. The Labute approximate surface area is 94.2 Å². The number of aromatic nitrogens is 2. The topological polar surface area (TPSA) is 78.0 Å². The van der Waals surface area contributed by atoms with E-state index in [-0.39, 0.29) is 17.9 Å². The van der Waals surface area contributed by atoms with Crippen molar-refractivity contribution >= 4 is 5.91 Å². The van der Waals surface area contributed by atoms with Crippen LogP contribution in [0.15, 0.2) is 12.4 Å². The maximum absolute atomic E-state index is 11.7. The van der Waals surface area contributed by atoms with E-state index in [1.165, 1.54) is 6.20 Å². The van der Waals surface area contributed by atoms with Gasteiger partial charge in [-0.05, 0) is 12.8 Å². The van der Waals surface area contributed by atoms with Crippen molar-refractivity contribution in [2.75, 3.05) is 13.2 Å². The van der Waals surface area contributed by atoms with Crippen LogP contribution in [0.4, 0.5) is 0 Å². The molecule has 1 amide bonds. The second-order valence-corrected chi connectivity index (χ2v) is 4.53. The van der Waals surface area contributed by atoms with Gasteiger partial charge in [-0.15, -0.1) is 0 Å². The van der Waals surface area contributed by atoms with E-state index in [0.29, 0.717) is 12.1 Å². The first-order chi connectivity index (χ1) is 7.76. The number of nitrogens with one attached hydrogen (secondary N) is 2. The molecule has 1 aliphatic rings. The van der Waals surface area contributed by atoms with E-state index in [0.717, 1.165) is 25.7 Å². The quantitative estimate of drug-likeness (QED) is 0.702. The van der Waals surface area contributed by atoms with Crippen LogP contribution in [0.3, 0.4) is 0 Å². The van der Waals surface area contributed by atoms with Gasteiger partial charge in [-0.2, -0.15) is 5.10 Å². The SMILES string of the molecule is O=C(NCC1(CO)CCCC1)c1cn[nH]c1. The van der Waals surface area contributed by atoms with Crippen LogP contribution in [0.2, 0.25) is 0 Å². The number of hydrogen-bond acceptors (Lipinski definition) is 3. The Morgan fingerprint density at radius 3 is 2.88 bits per heavy atom. The predicted molar refractivity (Wildman–Crippen MR) is 58.9 cm³/mol. The highest BCUT2D eigenvalue weighted by atomic mass is 16.3. The first-order valence-electron chi connectivity index (χ1n) is 5.64. The van der Waals surface area contributed by atoms with E-state index < -0.39 is 0 Å². The molecular formula is C11H17N3O2. The van der Waals surface area contributed by atoms with E-state index in [1.807, 2.05) is 0 Å². The van der Waals surface area contributed by atoms with Crippen LogP contribution in [-0.4, -0.2) is 34.4 Å². The highest BCUT2D eigenvalue weighted by Gasteiger charge is 2.33. The maximum Gasteiger partial charge on any atom is 0.254 e. The summed E-state index contributed by atoms with van der Waals surface area (Å²) >= 11 is 0. The summed E-state index contributed by atoms with van der Waals surface area (Å²) in [5.41, 5.74) is 0.436. The molecule has 88 valence electrons. The summed E-state index contributed by atoms with van der Waals surface area (Å²) in [5.74, 6) is -0.131. The van der Waals surface area contributed by atoms with Gasteiger partial charge in [0.1, 0.15) is 0 Å². The number of H-pyrrole nitrogens is 1. The second kappa shape index (κ2) is 4.65. The molecule has 0 radical (unpaired) electrons. The third-order valence-electron chi connectivity index (χ3n) is 3.38. The molecule has 0 unspecified atom stereocenters. The minimum atomic E-state index is -0.131. The van der Waals surface area contributed by atoms with Gasteiger partial charge >= 0.3 is 0 Å². The average molecular weight is 223 g/mol. The van der Waals surface area contributed by atoms with Crippen LogP contribution in [-0.2, 0) is 0 Å². The summed E-state index contributed by atoms with van der Waals surface area (Å²) in [6.45, 7) is 0.701. The van der Waals surface area contributed by atoms with Crippen LogP contribution in [0.1, 0.15) is 36.0 Å². The van der Waals surface area contributed by atoms with E-state index >= 15 is 0 Å². The van der Waals surface area contributed by atoms with Gasteiger partial charge < -0.3 is 10.4 Å². The summed E-state index contributed by atoms with van der Waals surface area (Å²) in [6, 6.07) is 0. The van der Waals surface area contributed by atoms with Crippen molar-refractivity contribution in [1.29, 1.82) is 0 Å². The van der Waals surface area contributed by atoms with Crippen molar-refractivity contribution < 1.29 is 9.90 Å². The van der Waals surface area contributed by atoms with E-state index in [9.17, 15) is 9.90 Å². The summed E-state index contributed by atoms with van der Waals surface area (Å²) in [6.07, 6.45) is 7.33. The number of hydrogen-bond donors (Lipinski definition) is 3. The monoisotopic (exact) mass is 223 g/mol. The smallest absolute Gasteiger partial charge is 0.254 e. The fourth-order valence-corrected chi connectivity index (χ4v) is 2.26. The number of rotatable bonds is 4. The first-order valence-corrected chi connectivity index (χ1v) is 5.64. The summed E-state index contributed by atoms with van der Waals surface area (Å²) in [7, 11) is 0. The molecule has 5 heteroatoms. The standard InChI is InChI=1S/C11H17N3O2/c15-8-11(3-1-2-4-11)7-12-10(16)9-5-13-14-6-9/h5-6,15H,1-4,7-8H2,(H,12,16)(H,13,14). The highest BCUT2D eigenvalue weighted by Crippen LogP contribution is 2.36. The molecule has 1 heterocycles. The zero-order valence-electron chi connectivity index (χ0n) is 9.20. The molecular weight excluding hydrogens is 206 g/mol. The third kappa shape index (κ3) is 2.24. The second-order valence-electron chi connectivity index (χ2n) is 4.53. The lowest BCUT2D eigenvalue weighted by atomic mass is 9.87. The van der Waals surface area contributed by atoms with Gasteiger partial charge in [-0.25, -0.2) is 0 Å². The van der Waals surface area contributed by atoms with E-state index in [1.54, 1.807) is 6.20 Å². The first kappa shape index (κ1) is 11.1. The van der Waals surface area contributed by atoms with Crippen LogP contribution in [0.25, 0.3) is 0 Å². The third-order valence-corrected chi connectivity index (χ3v) is 3.38. The van der Waals surface area contributed by atoms with Crippen molar-refractivity contribution in [2.45, 2.75) is 25.7 Å². The van der Waals surface area contributed by atoms with Gasteiger partial charge in [0.2, 0.25) is 0 Å². The Morgan fingerprint density at radius 2 is 2.31 bits per heavy atom. The van der Waals surface area contributed by atoms with Crippen LogP contribution >= 0.6 is 0 Å². The molecule has 0 bridgehead atoms. The predicted octanol–water partition coefficient (Wildman–Crippen LogP) is 0.692. The Morgan fingerprint density at radius 1 is 1.56 bits per heavy atom. The number of aromatic amines is 1. The molecule has 2 rings (SSSR count). The van der Waals surface area contributed by atoms with Crippen LogP contribution in [0, 0.1) is 5.41 Å².